The summed E-state index contributed by atoms with van der Waals surface area (Å²) in [6.07, 6.45) is 1.56. The molecule has 0 spiro atoms. The molecule has 1 aromatic heterocycles. The minimum Gasteiger partial charge on any atom is -0.338 e. The number of hydrogen-bond donors (Lipinski definition) is 2. The van der Waals surface area contributed by atoms with E-state index in [0.717, 1.165) is 5.69 Å². The highest BCUT2D eigenvalue weighted by molar-refractivity contribution is 6.36. The fraction of sp³-hybridized carbons (Fsp3) is 0. The molecule has 0 amide bonds. The number of halogens is 2. The number of H-pyrrole nitrogens is 1. The van der Waals surface area contributed by atoms with Gasteiger partial charge in [0, 0.05) is 5.02 Å². The van der Waals surface area contributed by atoms with E-state index in [1.54, 1.807) is 24.4 Å². The summed E-state index contributed by atoms with van der Waals surface area (Å²) in [6.45, 7) is 0. The van der Waals surface area contributed by atoms with Crippen molar-refractivity contribution >= 4 is 34.7 Å². The predicted molar refractivity (Wildman–Crippen MR) is 56.1 cm³/mol. The highest BCUT2D eigenvalue weighted by Gasteiger charge is 2.01. The van der Waals surface area contributed by atoms with E-state index in [-0.39, 0.29) is 0 Å². The van der Waals surface area contributed by atoms with Crippen LogP contribution in [0.1, 0.15) is 0 Å². The molecule has 1 heterocycles. The van der Waals surface area contributed by atoms with Gasteiger partial charge in [-0.05, 0) is 18.2 Å². The number of anilines is 2. The van der Waals surface area contributed by atoms with Crippen LogP contribution in [-0.2, 0) is 0 Å². The maximum Gasteiger partial charge on any atom is 0.146 e. The fourth-order valence-corrected chi connectivity index (χ4v) is 1.45. The zero-order chi connectivity index (χ0) is 9.97. The van der Waals surface area contributed by atoms with Crippen LogP contribution in [-0.4, -0.2) is 15.4 Å². The molecule has 0 aliphatic rings. The van der Waals surface area contributed by atoms with Gasteiger partial charge >= 0.3 is 0 Å². The van der Waals surface area contributed by atoms with E-state index in [9.17, 15) is 0 Å². The van der Waals surface area contributed by atoms with Crippen molar-refractivity contribution in [2.75, 3.05) is 5.32 Å². The fourth-order valence-electron chi connectivity index (χ4n) is 0.994. The van der Waals surface area contributed by atoms with Gasteiger partial charge in [-0.1, -0.05) is 28.4 Å². The second-order valence-corrected chi connectivity index (χ2v) is 3.46. The summed E-state index contributed by atoms with van der Waals surface area (Å²) in [5.41, 5.74) is 0.752. The Labute approximate surface area is 90.2 Å². The van der Waals surface area contributed by atoms with Crippen LogP contribution in [0.25, 0.3) is 0 Å². The number of benzene rings is 1. The van der Waals surface area contributed by atoms with Gasteiger partial charge in [-0.2, -0.15) is 0 Å². The number of rotatable bonds is 2. The molecule has 0 fully saturated rings. The Morgan fingerprint density at radius 1 is 1.29 bits per heavy atom. The van der Waals surface area contributed by atoms with Gasteiger partial charge in [0.2, 0.25) is 0 Å². The van der Waals surface area contributed by atoms with E-state index in [2.05, 4.69) is 20.7 Å². The van der Waals surface area contributed by atoms with Crippen LogP contribution in [0.3, 0.4) is 0 Å². The molecule has 0 saturated carbocycles. The number of aromatic nitrogens is 3. The lowest BCUT2D eigenvalue weighted by Crippen LogP contribution is -1.91. The van der Waals surface area contributed by atoms with Gasteiger partial charge in [-0.15, -0.1) is 5.10 Å². The third-order valence-corrected chi connectivity index (χ3v) is 2.16. The number of hydrogen-bond acceptors (Lipinski definition) is 3. The van der Waals surface area contributed by atoms with E-state index < -0.39 is 0 Å². The molecule has 2 rings (SSSR count). The van der Waals surface area contributed by atoms with Crippen molar-refractivity contribution in [2.45, 2.75) is 0 Å². The average Bonchev–Trinajstić information content (AvgIpc) is 2.62. The van der Waals surface area contributed by atoms with Gasteiger partial charge < -0.3 is 5.32 Å². The lowest BCUT2D eigenvalue weighted by atomic mass is 10.3. The first kappa shape index (κ1) is 9.30. The molecule has 0 unspecified atom stereocenters. The molecule has 0 saturated heterocycles. The molecule has 4 nitrogen and oxygen atoms in total. The van der Waals surface area contributed by atoms with Crippen LogP contribution in [0, 0.1) is 0 Å². The first-order valence-corrected chi connectivity index (χ1v) is 4.59. The number of nitrogens with zero attached hydrogens (tertiary/aromatic N) is 2. The number of aromatic amines is 1. The summed E-state index contributed by atoms with van der Waals surface area (Å²) in [5, 5.41) is 14.0. The summed E-state index contributed by atoms with van der Waals surface area (Å²) < 4.78 is 0. The lowest BCUT2D eigenvalue weighted by molar-refractivity contribution is 0.942. The molecular formula is C8H6Cl2N4. The quantitative estimate of drug-likeness (QED) is 0.832. The lowest BCUT2D eigenvalue weighted by Gasteiger charge is -2.04. The smallest absolute Gasteiger partial charge is 0.146 e. The van der Waals surface area contributed by atoms with Crippen LogP contribution >= 0.6 is 23.2 Å². The first-order chi connectivity index (χ1) is 6.75. The highest BCUT2D eigenvalue weighted by Crippen LogP contribution is 2.27. The molecule has 14 heavy (non-hydrogen) atoms. The van der Waals surface area contributed by atoms with Crippen molar-refractivity contribution in [3.8, 4) is 0 Å². The second-order valence-electron chi connectivity index (χ2n) is 2.62. The molecule has 2 N–H and O–H groups in total. The number of nitrogens with one attached hydrogen (secondary N) is 2. The van der Waals surface area contributed by atoms with E-state index in [1.807, 2.05) is 0 Å². The zero-order valence-electron chi connectivity index (χ0n) is 6.96. The Balaban J connectivity index is 2.25. The third kappa shape index (κ3) is 1.97. The maximum absolute atomic E-state index is 5.94. The molecule has 0 bridgehead atoms. The molecule has 0 atom stereocenters. The minimum atomic E-state index is 0.548. The Morgan fingerprint density at radius 3 is 2.79 bits per heavy atom. The van der Waals surface area contributed by atoms with Gasteiger partial charge in [-0.3, -0.25) is 0 Å². The largest absolute Gasteiger partial charge is 0.338 e. The zero-order valence-corrected chi connectivity index (χ0v) is 8.47. The van der Waals surface area contributed by atoms with E-state index in [0.29, 0.717) is 15.9 Å². The molecular weight excluding hydrogens is 223 g/mol. The SMILES string of the molecule is Clc1ccc(Nc2cnn[nH]2)c(Cl)c1. The molecule has 2 aromatic rings. The van der Waals surface area contributed by atoms with Crippen LogP contribution < -0.4 is 5.32 Å². The van der Waals surface area contributed by atoms with E-state index in [1.165, 1.54) is 0 Å². The molecule has 6 heteroatoms. The highest BCUT2D eigenvalue weighted by atomic mass is 35.5. The maximum atomic E-state index is 5.94. The van der Waals surface area contributed by atoms with Gasteiger partial charge in [0.1, 0.15) is 5.82 Å². The molecule has 0 aliphatic heterocycles. The minimum absolute atomic E-state index is 0.548. The molecule has 0 radical (unpaired) electrons. The Kier molecular flexibility index (Phi) is 2.56. The van der Waals surface area contributed by atoms with Crippen molar-refractivity contribution in [2.24, 2.45) is 0 Å². The van der Waals surface area contributed by atoms with Gasteiger partial charge in [0.15, 0.2) is 0 Å². The van der Waals surface area contributed by atoms with Crippen molar-refractivity contribution in [1.82, 2.24) is 15.4 Å². The van der Waals surface area contributed by atoms with Gasteiger partial charge in [0.05, 0.1) is 16.9 Å². The molecule has 0 aliphatic carbocycles. The second kappa shape index (κ2) is 3.86. The summed E-state index contributed by atoms with van der Waals surface area (Å²) in [6, 6.07) is 5.19. The molecule has 1 aromatic carbocycles. The Morgan fingerprint density at radius 2 is 2.14 bits per heavy atom. The Bertz CT molecular complexity index is 427. The van der Waals surface area contributed by atoms with Gasteiger partial charge in [0.25, 0.3) is 0 Å². The summed E-state index contributed by atoms with van der Waals surface area (Å²) in [5.74, 6) is 0.675. The van der Waals surface area contributed by atoms with Crippen LogP contribution in [0.15, 0.2) is 24.4 Å². The summed E-state index contributed by atoms with van der Waals surface area (Å²) >= 11 is 11.7. The van der Waals surface area contributed by atoms with Crippen LogP contribution in [0.4, 0.5) is 11.5 Å². The normalized spacial score (nSPS) is 10.1. The average molecular weight is 229 g/mol. The monoisotopic (exact) mass is 228 g/mol. The van der Waals surface area contributed by atoms with Gasteiger partial charge in [-0.25, -0.2) is 5.10 Å². The van der Waals surface area contributed by atoms with Crippen LogP contribution in [0.5, 0.6) is 0 Å². The van der Waals surface area contributed by atoms with E-state index >= 15 is 0 Å². The van der Waals surface area contributed by atoms with Crippen molar-refractivity contribution < 1.29 is 0 Å². The Hall–Kier alpha value is -1.26. The first-order valence-electron chi connectivity index (χ1n) is 3.84. The van der Waals surface area contributed by atoms with Crippen molar-refractivity contribution in [3.05, 3.63) is 34.4 Å². The summed E-state index contributed by atoms with van der Waals surface area (Å²) in [4.78, 5) is 0. The van der Waals surface area contributed by atoms with Crippen LogP contribution in [0.2, 0.25) is 10.0 Å². The third-order valence-electron chi connectivity index (χ3n) is 1.62. The molecule has 72 valence electrons. The predicted octanol–water partition coefficient (Wildman–Crippen LogP) is 2.86. The van der Waals surface area contributed by atoms with Crippen molar-refractivity contribution in [1.29, 1.82) is 0 Å². The van der Waals surface area contributed by atoms with Crippen molar-refractivity contribution in [3.63, 3.8) is 0 Å². The standard InChI is InChI=1S/C8H6Cl2N4/c9-5-1-2-7(6(10)3-5)12-8-4-11-14-13-8/h1-4H,(H2,11,12,13,14). The topological polar surface area (TPSA) is 53.6 Å². The summed E-state index contributed by atoms with van der Waals surface area (Å²) in [7, 11) is 0. The van der Waals surface area contributed by atoms with E-state index in [4.69, 9.17) is 23.2 Å².